The second kappa shape index (κ2) is 7.02. The number of thiophene rings is 1. The summed E-state index contributed by atoms with van der Waals surface area (Å²) in [4.78, 5) is 15.2. The highest BCUT2D eigenvalue weighted by Gasteiger charge is 2.36. The summed E-state index contributed by atoms with van der Waals surface area (Å²) < 4.78 is 1.09. The first kappa shape index (κ1) is 15.9. The van der Waals surface area contributed by atoms with Gasteiger partial charge < -0.3 is 11.5 Å². The Hall–Kier alpha value is -0.430. The van der Waals surface area contributed by atoms with Crippen molar-refractivity contribution in [3.8, 4) is 0 Å². The van der Waals surface area contributed by atoms with Crippen LogP contribution in [0.3, 0.4) is 0 Å². The molecule has 1 aromatic heterocycles. The van der Waals surface area contributed by atoms with Crippen molar-refractivity contribution >= 4 is 33.2 Å². The van der Waals surface area contributed by atoms with E-state index in [1.54, 1.807) is 11.3 Å². The van der Waals surface area contributed by atoms with E-state index in [1.807, 2.05) is 6.07 Å². The van der Waals surface area contributed by atoms with Crippen LogP contribution in [0.5, 0.6) is 0 Å². The quantitative estimate of drug-likeness (QED) is 0.848. The highest BCUT2D eigenvalue weighted by atomic mass is 79.9. The fourth-order valence-electron chi connectivity index (χ4n) is 2.92. The molecule has 4 nitrogen and oxygen atoms in total. The summed E-state index contributed by atoms with van der Waals surface area (Å²) in [6, 6.07) is 4.04. The first-order chi connectivity index (χ1) is 9.54. The van der Waals surface area contributed by atoms with Gasteiger partial charge in [-0.15, -0.1) is 11.3 Å². The van der Waals surface area contributed by atoms with Gasteiger partial charge in [-0.1, -0.05) is 13.3 Å². The van der Waals surface area contributed by atoms with Gasteiger partial charge in [-0.05, 0) is 53.9 Å². The minimum atomic E-state index is -0.228. The van der Waals surface area contributed by atoms with Crippen molar-refractivity contribution in [2.45, 2.75) is 50.7 Å². The van der Waals surface area contributed by atoms with E-state index in [-0.39, 0.29) is 24.0 Å². The molecular weight excluding hydrogens is 338 g/mol. The lowest BCUT2D eigenvalue weighted by Crippen LogP contribution is -2.53. The summed E-state index contributed by atoms with van der Waals surface area (Å²) in [5.74, 6) is -0.228. The van der Waals surface area contributed by atoms with Crippen molar-refractivity contribution in [1.29, 1.82) is 0 Å². The van der Waals surface area contributed by atoms with Crippen LogP contribution in [0.1, 0.15) is 43.5 Å². The zero-order chi connectivity index (χ0) is 14.7. The molecule has 1 amide bonds. The third kappa shape index (κ3) is 3.42. The number of piperidine rings is 1. The molecule has 1 saturated heterocycles. The predicted molar refractivity (Wildman–Crippen MR) is 86.6 cm³/mol. The third-order valence-electron chi connectivity index (χ3n) is 3.99. The molecule has 2 rings (SSSR count). The Morgan fingerprint density at radius 2 is 2.30 bits per heavy atom. The molecule has 6 heteroatoms. The van der Waals surface area contributed by atoms with Crippen molar-refractivity contribution in [3.63, 3.8) is 0 Å². The Bertz CT molecular complexity index is 465. The number of halogens is 1. The average molecular weight is 360 g/mol. The number of carbonyl (C=O) groups excluding carboxylic acids is 1. The maximum atomic E-state index is 11.8. The summed E-state index contributed by atoms with van der Waals surface area (Å²) >= 11 is 5.20. The van der Waals surface area contributed by atoms with E-state index in [2.05, 4.69) is 33.8 Å². The van der Waals surface area contributed by atoms with E-state index >= 15 is 0 Å². The van der Waals surface area contributed by atoms with Crippen LogP contribution in [-0.4, -0.2) is 29.4 Å². The molecule has 1 aliphatic rings. The molecule has 112 valence electrons. The lowest BCUT2D eigenvalue weighted by molar-refractivity contribution is -0.125. The predicted octanol–water partition coefficient (Wildman–Crippen LogP) is 2.63. The largest absolute Gasteiger partial charge is 0.368 e. The highest BCUT2D eigenvalue weighted by molar-refractivity contribution is 9.11. The second-order valence-corrected chi connectivity index (χ2v) is 7.81. The average Bonchev–Trinajstić information content (AvgIpc) is 2.85. The highest BCUT2D eigenvalue weighted by Crippen LogP contribution is 2.36. The summed E-state index contributed by atoms with van der Waals surface area (Å²) in [5, 5.41) is 0. The molecule has 3 atom stereocenters. The lowest BCUT2D eigenvalue weighted by atomic mass is 9.94. The molecule has 0 aromatic carbocycles. The minimum absolute atomic E-state index is 0.0144. The zero-order valence-electron chi connectivity index (χ0n) is 11.7. The van der Waals surface area contributed by atoms with Gasteiger partial charge in [0, 0.05) is 10.9 Å². The van der Waals surface area contributed by atoms with E-state index < -0.39 is 0 Å². The van der Waals surface area contributed by atoms with Gasteiger partial charge in [-0.25, -0.2) is 0 Å². The van der Waals surface area contributed by atoms with Gasteiger partial charge in [0.15, 0.2) is 0 Å². The molecule has 1 aliphatic heterocycles. The molecule has 1 fully saturated rings. The van der Waals surface area contributed by atoms with E-state index in [0.29, 0.717) is 0 Å². The summed E-state index contributed by atoms with van der Waals surface area (Å²) in [7, 11) is 0. The number of primary amides is 1. The molecule has 0 spiro atoms. The normalized spacial score (nSPS) is 23.4. The smallest absolute Gasteiger partial charge is 0.234 e. The van der Waals surface area contributed by atoms with Gasteiger partial charge in [0.25, 0.3) is 0 Å². The SMILES string of the molecule is CCC(N)C(c1ccc(Br)s1)N1CCCCC1C(N)=O. The molecule has 1 aromatic rings. The Labute approximate surface area is 132 Å². The van der Waals surface area contributed by atoms with Gasteiger partial charge in [0.2, 0.25) is 5.91 Å². The molecule has 4 N–H and O–H groups in total. The first-order valence-corrected chi connectivity index (χ1v) is 8.71. The summed E-state index contributed by atoms with van der Waals surface area (Å²) in [5.41, 5.74) is 11.9. The van der Waals surface area contributed by atoms with Gasteiger partial charge >= 0.3 is 0 Å². The number of likely N-dealkylation sites (tertiary alicyclic amines) is 1. The summed E-state index contributed by atoms with van der Waals surface area (Å²) in [6.07, 6.45) is 3.88. The molecule has 0 bridgehead atoms. The van der Waals surface area contributed by atoms with Gasteiger partial charge in [0.05, 0.1) is 15.9 Å². The lowest BCUT2D eigenvalue weighted by Gasteiger charge is -2.41. The van der Waals surface area contributed by atoms with Crippen LogP contribution >= 0.6 is 27.3 Å². The maximum Gasteiger partial charge on any atom is 0.234 e. The molecular formula is C14H22BrN3OS. The van der Waals surface area contributed by atoms with Crippen LogP contribution in [0.15, 0.2) is 15.9 Å². The van der Waals surface area contributed by atoms with E-state index in [1.165, 1.54) is 4.88 Å². The topological polar surface area (TPSA) is 72.3 Å². The second-order valence-electron chi connectivity index (χ2n) is 5.31. The van der Waals surface area contributed by atoms with Crippen LogP contribution < -0.4 is 11.5 Å². The zero-order valence-corrected chi connectivity index (χ0v) is 14.1. The van der Waals surface area contributed by atoms with Gasteiger partial charge in [-0.2, -0.15) is 0 Å². The summed E-state index contributed by atoms with van der Waals surface area (Å²) in [6.45, 7) is 2.98. The Morgan fingerprint density at radius 1 is 1.55 bits per heavy atom. The van der Waals surface area contributed by atoms with E-state index in [9.17, 15) is 4.79 Å². The van der Waals surface area contributed by atoms with Crippen molar-refractivity contribution < 1.29 is 4.79 Å². The Morgan fingerprint density at radius 3 is 2.85 bits per heavy atom. The van der Waals surface area contributed by atoms with Crippen LogP contribution in [-0.2, 0) is 4.79 Å². The standard InChI is InChI=1S/C14H22BrN3OS/c1-2-9(16)13(11-6-7-12(15)20-11)18-8-4-3-5-10(18)14(17)19/h6-7,9-10,13H,2-5,8,16H2,1H3,(H2,17,19). The molecule has 0 aliphatic carbocycles. The fourth-order valence-corrected chi connectivity index (χ4v) is 4.54. The van der Waals surface area contributed by atoms with Crippen LogP contribution in [0, 0.1) is 0 Å². The fraction of sp³-hybridized carbons (Fsp3) is 0.643. The van der Waals surface area contributed by atoms with Crippen molar-refractivity contribution in [2.75, 3.05) is 6.54 Å². The minimum Gasteiger partial charge on any atom is -0.368 e. The third-order valence-corrected chi connectivity index (χ3v) is 5.69. The van der Waals surface area contributed by atoms with Crippen LogP contribution in [0.2, 0.25) is 0 Å². The number of carbonyl (C=O) groups is 1. The van der Waals surface area contributed by atoms with Crippen LogP contribution in [0.25, 0.3) is 0 Å². The molecule has 20 heavy (non-hydrogen) atoms. The number of amides is 1. The number of rotatable bonds is 5. The van der Waals surface area contributed by atoms with E-state index in [0.717, 1.165) is 36.0 Å². The molecule has 0 saturated carbocycles. The van der Waals surface area contributed by atoms with Crippen LogP contribution in [0.4, 0.5) is 0 Å². The molecule has 0 radical (unpaired) electrons. The Kier molecular flexibility index (Phi) is 5.60. The van der Waals surface area contributed by atoms with Crippen molar-refractivity contribution in [3.05, 3.63) is 20.8 Å². The van der Waals surface area contributed by atoms with E-state index in [4.69, 9.17) is 11.5 Å². The van der Waals surface area contributed by atoms with Gasteiger partial charge in [-0.3, -0.25) is 9.69 Å². The molecule has 2 heterocycles. The number of hydrogen-bond acceptors (Lipinski definition) is 4. The monoisotopic (exact) mass is 359 g/mol. The van der Waals surface area contributed by atoms with Crippen molar-refractivity contribution in [2.24, 2.45) is 11.5 Å². The number of nitrogens with two attached hydrogens (primary N) is 2. The van der Waals surface area contributed by atoms with Gasteiger partial charge in [0.1, 0.15) is 0 Å². The number of nitrogens with zero attached hydrogens (tertiary/aromatic N) is 1. The van der Waals surface area contributed by atoms with Crippen molar-refractivity contribution in [1.82, 2.24) is 4.90 Å². The molecule has 3 unspecified atom stereocenters. The number of hydrogen-bond donors (Lipinski definition) is 2. The Balaban J connectivity index is 2.31. The first-order valence-electron chi connectivity index (χ1n) is 7.10. The maximum absolute atomic E-state index is 11.8.